The number of piperidine rings is 1. The fourth-order valence-electron chi connectivity index (χ4n) is 3.76. The van der Waals surface area contributed by atoms with Crippen molar-refractivity contribution < 1.29 is 37.0 Å². The van der Waals surface area contributed by atoms with Crippen LogP contribution in [0.25, 0.3) is 0 Å². The fraction of sp³-hybridized carbons (Fsp3) is 0.636. The zero-order valence-electron chi connectivity index (χ0n) is 19.5. The lowest BCUT2D eigenvalue weighted by atomic mass is 10.1. The van der Waals surface area contributed by atoms with Crippen LogP contribution in [0, 0.1) is 5.82 Å². The number of nitrogens with one attached hydrogen (secondary N) is 2. The molecule has 198 valence electrons. The van der Waals surface area contributed by atoms with E-state index >= 15 is 0 Å². The summed E-state index contributed by atoms with van der Waals surface area (Å²) in [5.41, 5.74) is 6.71. The highest BCUT2D eigenvalue weighted by Crippen LogP contribution is 2.13. The predicted octanol–water partition coefficient (Wildman–Crippen LogP) is 1.51. The van der Waals surface area contributed by atoms with E-state index in [9.17, 15) is 22.4 Å². The summed E-state index contributed by atoms with van der Waals surface area (Å²) in [6.45, 7) is 8.09. The number of carbonyl (C=O) groups is 2. The number of halogens is 4. The lowest BCUT2D eigenvalue weighted by Gasteiger charge is -2.35. The summed E-state index contributed by atoms with van der Waals surface area (Å²) < 4.78 is 51.1. The van der Waals surface area contributed by atoms with Crippen molar-refractivity contribution >= 4 is 12.0 Å². The van der Waals surface area contributed by atoms with Crippen molar-refractivity contribution in [3.05, 3.63) is 35.1 Å². The number of amides is 2. The molecule has 2 saturated heterocycles. The number of carboxylic acids is 1. The first kappa shape index (κ1) is 28.8. The van der Waals surface area contributed by atoms with E-state index in [1.165, 1.54) is 6.07 Å². The topological polar surface area (TPSA) is 120 Å². The fourth-order valence-corrected chi connectivity index (χ4v) is 3.76. The summed E-state index contributed by atoms with van der Waals surface area (Å²) in [5.74, 6) is -3.09. The highest BCUT2D eigenvalue weighted by molar-refractivity contribution is 5.74. The van der Waals surface area contributed by atoms with Crippen molar-refractivity contribution in [2.45, 2.75) is 38.1 Å². The lowest BCUT2D eigenvalue weighted by Crippen LogP contribution is -2.52. The average Bonchev–Trinajstić information content (AvgIpc) is 2.82. The summed E-state index contributed by atoms with van der Waals surface area (Å²) in [4.78, 5) is 26.0. The number of morpholine rings is 1. The third-order valence-electron chi connectivity index (χ3n) is 5.71. The highest BCUT2D eigenvalue weighted by atomic mass is 19.4. The smallest absolute Gasteiger partial charge is 0.475 e. The number of carboxylic acid groups (broad SMARTS) is 1. The van der Waals surface area contributed by atoms with E-state index in [1.807, 2.05) is 0 Å². The summed E-state index contributed by atoms with van der Waals surface area (Å²) in [6.07, 6.45) is -3.04. The largest absolute Gasteiger partial charge is 0.490 e. The van der Waals surface area contributed by atoms with Crippen molar-refractivity contribution in [3.63, 3.8) is 0 Å². The molecule has 1 aromatic carbocycles. The SMILES string of the molecule is NCc1ccc(CNC(=O)NC2CCCN(CCN3CCOCC3)C2)c(F)c1.O=C(O)C(F)(F)F. The average molecular weight is 508 g/mol. The molecule has 0 aromatic heterocycles. The Kier molecular flexibility index (Phi) is 11.6. The van der Waals surface area contributed by atoms with Gasteiger partial charge in [0.2, 0.25) is 0 Å². The second-order valence-electron chi connectivity index (χ2n) is 8.35. The highest BCUT2D eigenvalue weighted by Gasteiger charge is 2.38. The number of nitrogens with zero attached hydrogens (tertiary/aromatic N) is 2. The minimum atomic E-state index is -5.08. The molecule has 0 bridgehead atoms. The summed E-state index contributed by atoms with van der Waals surface area (Å²) in [7, 11) is 0. The normalized spacial score (nSPS) is 19.4. The van der Waals surface area contributed by atoms with Gasteiger partial charge < -0.3 is 31.1 Å². The molecule has 2 aliphatic heterocycles. The maximum Gasteiger partial charge on any atom is 0.490 e. The van der Waals surface area contributed by atoms with Crippen LogP contribution in [0.4, 0.5) is 22.4 Å². The lowest BCUT2D eigenvalue weighted by molar-refractivity contribution is -0.192. The van der Waals surface area contributed by atoms with Gasteiger partial charge in [-0.05, 0) is 31.0 Å². The Morgan fingerprint density at radius 3 is 2.40 bits per heavy atom. The standard InChI is InChI=1S/C20H32FN5O2.C2HF3O2/c21-19-12-16(13-22)3-4-17(19)14-23-20(27)24-18-2-1-5-26(15-18)7-6-25-8-10-28-11-9-25;3-2(4,5)1(6)7/h3-4,12,18H,1-2,5-11,13-15,22H2,(H2,23,24,27);(H,6,7). The van der Waals surface area contributed by atoms with Crippen molar-refractivity contribution in [1.29, 1.82) is 0 Å². The van der Waals surface area contributed by atoms with Crippen LogP contribution in [0.15, 0.2) is 18.2 Å². The molecule has 2 amide bonds. The van der Waals surface area contributed by atoms with Crippen molar-refractivity contribution in [1.82, 2.24) is 20.4 Å². The Hall–Kier alpha value is -2.48. The first-order valence-electron chi connectivity index (χ1n) is 11.4. The molecule has 13 heteroatoms. The number of aliphatic carboxylic acids is 1. The maximum absolute atomic E-state index is 14.0. The van der Waals surface area contributed by atoms with Gasteiger partial charge in [-0.2, -0.15) is 13.2 Å². The molecule has 5 N–H and O–H groups in total. The van der Waals surface area contributed by atoms with E-state index in [4.69, 9.17) is 20.4 Å². The van der Waals surface area contributed by atoms with Gasteiger partial charge in [0.15, 0.2) is 0 Å². The van der Waals surface area contributed by atoms with Gasteiger partial charge in [0.25, 0.3) is 0 Å². The van der Waals surface area contributed by atoms with E-state index in [0.717, 1.165) is 70.9 Å². The van der Waals surface area contributed by atoms with Crippen LogP contribution in [0.5, 0.6) is 0 Å². The first-order chi connectivity index (χ1) is 16.6. The van der Waals surface area contributed by atoms with Gasteiger partial charge in [-0.1, -0.05) is 12.1 Å². The number of carbonyl (C=O) groups excluding carboxylic acids is 1. The van der Waals surface area contributed by atoms with Crippen LogP contribution in [0.2, 0.25) is 0 Å². The molecule has 0 aliphatic carbocycles. The molecule has 3 rings (SSSR count). The molecule has 2 aliphatic rings. The second kappa shape index (κ2) is 14.2. The van der Waals surface area contributed by atoms with Crippen LogP contribution in [-0.2, 0) is 22.6 Å². The number of benzene rings is 1. The number of hydrogen-bond acceptors (Lipinski definition) is 6. The number of alkyl halides is 3. The number of likely N-dealkylation sites (tertiary alicyclic amines) is 1. The van der Waals surface area contributed by atoms with Gasteiger partial charge in [-0.3, -0.25) is 4.90 Å². The predicted molar refractivity (Wildman–Crippen MR) is 120 cm³/mol. The zero-order chi connectivity index (χ0) is 25.8. The number of ether oxygens (including phenoxy) is 1. The number of hydrogen-bond donors (Lipinski definition) is 4. The third-order valence-corrected chi connectivity index (χ3v) is 5.71. The van der Waals surface area contributed by atoms with Crippen molar-refractivity contribution in [3.8, 4) is 0 Å². The molecule has 1 aromatic rings. The monoisotopic (exact) mass is 507 g/mol. The number of urea groups is 1. The van der Waals surface area contributed by atoms with Gasteiger partial charge in [0.1, 0.15) is 5.82 Å². The molecule has 1 unspecified atom stereocenters. The summed E-state index contributed by atoms with van der Waals surface area (Å²) in [5, 5.41) is 12.9. The molecule has 0 saturated carbocycles. The maximum atomic E-state index is 14.0. The van der Waals surface area contributed by atoms with Crippen LogP contribution in [0.3, 0.4) is 0 Å². The number of nitrogens with two attached hydrogens (primary N) is 1. The Bertz CT molecular complexity index is 822. The second-order valence-corrected chi connectivity index (χ2v) is 8.35. The Labute approximate surface area is 201 Å². The van der Waals surface area contributed by atoms with Crippen LogP contribution in [-0.4, -0.2) is 91.6 Å². The first-order valence-corrected chi connectivity index (χ1v) is 11.4. The molecular formula is C22H33F4N5O4. The van der Waals surface area contributed by atoms with E-state index < -0.39 is 12.1 Å². The van der Waals surface area contributed by atoms with Crippen molar-refractivity contribution in [2.24, 2.45) is 5.73 Å². The van der Waals surface area contributed by atoms with Gasteiger partial charge in [-0.25, -0.2) is 14.0 Å². The van der Waals surface area contributed by atoms with E-state index in [2.05, 4.69) is 20.4 Å². The van der Waals surface area contributed by atoms with E-state index in [-0.39, 0.29) is 24.4 Å². The Morgan fingerprint density at radius 1 is 1.14 bits per heavy atom. The molecule has 0 radical (unpaired) electrons. The van der Waals surface area contributed by atoms with Gasteiger partial charge in [0.05, 0.1) is 13.2 Å². The van der Waals surface area contributed by atoms with E-state index in [0.29, 0.717) is 12.1 Å². The molecule has 1 atom stereocenters. The Balaban J connectivity index is 0.000000540. The summed E-state index contributed by atoms with van der Waals surface area (Å²) >= 11 is 0. The van der Waals surface area contributed by atoms with Gasteiger partial charge >= 0.3 is 18.2 Å². The van der Waals surface area contributed by atoms with Crippen molar-refractivity contribution in [2.75, 3.05) is 52.5 Å². The van der Waals surface area contributed by atoms with Crippen LogP contribution in [0.1, 0.15) is 24.0 Å². The number of rotatable bonds is 7. The molecule has 2 heterocycles. The summed E-state index contributed by atoms with van der Waals surface area (Å²) in [6, 6.07) is 4.75. The van der Waals surface area contributed by atoms with Crippen LogP contribution < -0.4 is 16.4 Å². The molecule has 35 heavy (non-hydrogen) atoms. The minimum Gasteiger partial charge on any atom is -0.475 e. The quantitative estimate of drug-likeness (QED) is 0.413. The van der Waals surface area contributed by atoms with Gasteiger partial charge in [0, 0.05) is 57.4 Å². The molecule has 2 fully saturated rings. The van der Waals surface area contributed by atoms with Crippen LogP contribution >= 0.6 is 0 Å². The van der Waals surface area contributed by atoms with E-state index in [1.54, 1.807) is 12.1 Å². The minimum absolute atomic E-state index is 0.128. The zero-order valence-corrected chi connectivity index (χ0v) is 19.5. The third kappa shape index (κ3) is 10.8. The molecular weight excluding hydrogens is 474 g/mol. The Morgan fingerprint density at radius 2 is 1.80 bits per heavy atom. The molecule has 0 spiro atoms. The molecule has 9 nitrogen and oxygen atoms in total. The van der Waals surface area contributed by atoms with Gasteiger partial charge in [-0.15, -0.1) is 0 Å².